The zero-order valence-electron chi connectivity index (χ0n) is 16.2. The first kappa shape index (κ1) is 18.1. The molecule has 0 unspecified atom stereocenters. The summed E-state index contributed by atoms with van der Waals surface area (Å²) in [5, 5.41) is 7.18. The van der Waals surface area contributed by atoms with Crippen molar-refractivity contribution < 1.29 is 0 Å². The highest BCUT2D eigenvalue weighted by Gasteiger charge is 2.06. The van der Waals surface area contributed by atoms with Crippen LogP contribution in [0.5, 0.6) is 0 Å². The van der Waals surface area contributed by atoms with E-state index in [1.54, 1.807) is 0 Å². The third-order valence-corrected chi connectivity index (χ3v) is 4.90. The van der Waals surface area contributed by atoms with E-state index >= 15 is 0 Å². The van der Waals surface area contributed by atoms with E-state index in [9.17, 15) is 0 Å². The Morgan fingerprint density at radius 1 is 0.577 bits per heavy atom. The molecule has 3 aromatic carbocycles. The van der Waals surface area contributed by atoms with Gasteiger partial charge in [-0.05, 0) is 73.2 Å². The average molecular weight is 345 g/mol. The molecular weight excluding hydrogens is 316 g/mol. The molecule has 0 bridgehead atoms. The van der Waals surface area contributed by atoms with E-state index in [-0.39, 0.29) is 0 Å². The van der Waals surface area contributed by atoms with Gasteiger partial charge in [-0.1, -0.05) is 50.2 Å². The molecule has 26 heavy (non-hydrogen) atoms. The van der Waals surface area contributed by atoms with E-state index < -0.39 is 0 Å². The molecular formula is C24H28N2. The molecule has 0 spiro atoms. The highest BCUT2D eigenvalue weighted by atomic mass is 14.9. The summed E-state index contributed by atoms with van der Waals surface area (Å²) in [4.78, 5) is 0. The Labute approximate surface area is 157 Å². The maximum atomic E-state index is 3.59. The highest BCUT2D eigenvalue weighted by molar-refractivity contribution is 5.71. The molecule has 0 atom stereocenters. The van der Waals surface area contributed by atoms with Gasteiger partial charge < -0.3 is 10.6 Å². The van der Waals surface area contributed by atoms with Crippen LogP contribution in [0.3, 0.4) is 0 Å². The second-order valence-electron chi connectivity index (χ2n) is 6.75. The van der Waals surface area contributed by atoms with Gasteiger partial charge in [0.2, 0.25) is 0 Å². The smallest absolute Gasteiger partial charge is 0.0446 e. The molecule has 0 aromatic heterocycles. The molecule has 0 radical (unpaired) electrons. The third kappa shape index (κ3) is 3.91. The Hall–Kier alpha value is -2.74. The molecule has 3 aromatic rings. The van der Waals surface area contributed by atoms with E-state index in [1.807, 2.05) is 0 Å². The van der Waals surface area contributed by atoms with Crippen LogP contribution in [0.25, 0.3) is 0 Å². The first-order valence-corrected chi connectivity index (χ1v) is 9.43. The van der Waals surface area contributed by atoms with Gasteiger partial charge in [0.15, 0.2) is 0 Å². The maximum Gasteiger partial charge on any atom is 0.0446 e. The summed E-state index contributed by atoms with van der Waals surface area (Å²) in [5.41, 5.74) is 9.92. The number of aryl methyl sites for hydroxylation is 4. The molecule has 0 fully saturated rings. The summed E-state index contributed by atoms with van der Waals surface area (Å²) in [6, 6.07) is 21.5. The van der Waals surface area contributed by atoms with Crippen LogP contribution in [0.1, 0.15) is 36.1 Å². The minimum Gasteiger partial charge on any atom is -0.355 e. The topological polar surface area (TPSA) is 24.1 Å². The molecule has 0 amide bonds. The molecule has 0 saturated heterocycles. The number of rotatable bonds is 6. The highest BCUT2D eigenvalue weighted by Crippen LogP contribution is 2.28. The van der Waals surface area contributed by atoms with Crippen molar-refractivity contribution in [2.45, 2.75) is 40.5 Å². The van der Waals surface area contributed by atoms with Gasteiger partial charge >= 0.3 is 0 Å². The molecule has 2 nitrogen and oxygen atoms in total. The van der Waals surface area contributed by atoms with E-state index in [0.29, 0.717) is 0 Å². The largest absolute Gasteiger partial charge is 0.355 e. The normalized spacial score (nSPS) is 10.6. The van der Waals surface area contributed by atoms with Crippen molar-refractivity contribution in [3.05, 3.63) is 82.9 Å². The molecule has 0 heterocycles. The summed E-state index contributed by atoms with van der Waals surface area (Å²) in [6.45, 7) is 8.70. The average Bonchev–Trinajstić information content (AvgIpc) is 2.66. The van der Waals surface area contributed by atoms with Crippen molar-refractivity contribution in [3.8, 4) is 0 Å². The van der Waals surface area contributed by atoms with Crippen molar-refractivity contribution in [3.63, 3.8) is 0 Å². The second-order valence-corrected chi connectivity index (χ2v) is 6.75. The van der Waals surface area contributed by atoms with Crippen LogP contribution in [0, 0.1) is 13.8 Å². The minimum absolute atomic E-state index is 1.02. The van der Waals surface area contributed by atoms with E-state index in [1.165, 1.54) is 33.6 Å². The van der Waals surface area contributed by atoms with E-state index in [0.717, 1.165) is 24.2 Å². The molecule has 2 heteroatoms. The molecule has 0 aliphatic carbocycles. The number of benzene rings is 3. The van der Waals surface area contributed by atoms with E-state index in [4.69, 9.17) is 0 Å². The first-order chi connectivity index (χ1) is 12.6. The lowest BCUT2D eigenvalue weighted by molar-refractivity contribution is 1.13. The van der Waals surface area contributed by atoms with Gasteiger partial charge in [0.1, 0.15) is 0 Å². The molecule has 0 aliphatic heterocycles. The summed E-state index contributed by atoms with van der Waals surface area (Å²) in [5.74, 6) is 0. The van der Waals surface area contributed by atoms with Gasteiger partial charge in [-0.2, -0.15) is 0 Å². The van der Waals surface area contributed by atoms with Gasteiger partial charge in [-0.15, -0.1) is 0 Å². The zero-order chi connectivity index (χ0) is 18.5. The molecule has 0 saturated carbocycles. The third-order valence-electron chi connectivity index (χ3n) is 4.90. The SMILES string of the molecule is CCc1cccc(C)c1Nc1ccc(Nc2c(C)cccc2CC)cc1. The quantitative estimate of drug-likeness (QED) is 0.507. The van der Waals surface area contributed by atoms with Gasteiger partial charge in [0.05, 0.1) is 0 Å². The van der Waals surface area contributed by atoms with E-state index in [2.05, 4.69) is 99.0 Å². The zero-order valence-corrected chi connectivity index (χ0v) is 16.2. The van der Waals surface area contributed by atoms with Crippen molar-refractivity contribution in [2.24, 2.45) is 0 Å². The number of anilines is 4. The predicted molar refractivity (Wildman–Crippen MR) is 114 cm³/mol. The molecule has 2 N–H and O–H groups in total. The predicted octanol–water partition coefficient (Wildman–Crippen LogP) is 6.92. The van der Waals surface area contributed by atoms with Crippen molar-refractivity contribution in [2.75, 3.05) is 10.6 Å². The number of hydrogen-bond donors (Lipinski definition) is 2. The number of para-hydroxylation sites is 2. The van der Waals surface area contributed by atoms with Gasteiger partial charge in [-0.25, -0.2) is 0 Å². The Kier molecular flexibility index (Phi) is 5.62. The summed E-state index contributed by atoms with van der Waals surface area (Å²) in [7, 11) is 0. The Bertz CT molecular complexity index is 805. The standard InChI is InChI=1S/C24H28N2/c1-5-19-11-7-9-17(3)23(19)25-21-13-15-22(16-14-21)26-24-18(4)10-8-12-20(24)6-2/h7-16,25-26H,5-6H2,1-4H3. The van der Waals surface area contributed by atoms with Crippen molar-refractivity contribution in [1.29, 1.82) is 0 Å². The van der Waals surface area contributed by atoms with Gasteiger partial charge in [-0.3, -0.25) is 0 Å². The second kappa shape index (κ2) is 8.09. The Balaban J connectivity index is 1.80. The fourth-order valence-corrected chi connectivity index (χ4v) is 3.33. The summed E-state index contributed by atoms with van der Waals surface area (Å²) < 4.78 is 0. The lowest BCUT2D eigenvalue weighted by Gasteiger charge is -2.16. The fourth-order valence-electron chi connectivity index (χ4n) is 3.33. The maximum absolute atomic E-state index is 3.59. The Morgan fingerprint density at radius 2 is 0.962 bits per heavy atom. The lowest BCUT2D eigenvalue weighted by atomic mass is 10.0. The fraction of sp³-hybridized carbons (Fsp3) is 0.250. The van der Waals surface area contributed by atoms with Crippen molar-refractivity contribution >= 4 is 22.7 Å². The molecule has 0 aliphatic rings. The minimum atomic E-state index is 1.02. The summed E-state index contributed by atoms with van der Waals surface area (Å²) >= 11 is 0. The van der Waals surface area contributed by atoms with Gasteiger partial charge in [0.25, 0.3) is 0 Å². The van der Waals surface area contributed by atoms with Crippen LogP contribution >= 0.6 is 0 Å². The number of hydrogen-bond acceptors (Lipinski definition) is 2. The van der Waals surface area contributed by atoms with Crippen LogP contribution in [0.4, 0.5) is 22.7 Å². The molecule has 3 rings (SSSR count). The van der Waals surface area contributed by atoms with Gasteiger partial charge in [0, 0.05) is 22.7 Å². The van der Waals surface area contributed by atoms with Crippen LogP contribution in [-0.4, -0.2) is 0 Å². The number of nitrogens with one attached hydrogen (secondary N) is 2. The van der Waals surface area contributed by atoms with Crippen LogP contribution in [0.15, 0.2) is 60.7 Å². The van der Waals surface area contributed by atoms with Crippen LogP contribution < -0.4 is 10.6 Å². The van der Waals surface area contributed by atoms with Crippen molar-refractivity contribution in [1.82, 2.24) is 0 Å². The van der Waals surface area contributed by atoms with Crippen LogP contribution in [-0.2, 0) is 12.8 Å². The Morgan fingerprint density at radius 3 is 1.31 bits per heavy atom. The summed E-state index contributed by atoms with van der Waals surface area (Å²) in [6.07, 6.45) is 2.05. The lowest BCUT2D eigenvalue weighted by Crippen LogP contribution is -2.00. The van der Waals surface area contributed by atoms with Crippen LogP contribution in [0.2, 0.25) is 0 Å². The monoisotopic (exact) mass is 344 g/mol. The molecule has 134 valence electrons. The first-order valence-electron chi connectivity index (χ1n) is 9.43.